The maximum Gasteiger partial charge on any atom is 0.331 e. The molecule has 5 heteroatoms. The summed E-state index contributed by atoms with van der Waals surface area (Å²) >= 11 is 0. The van der Waals surface area contributed by atoms with Crippen LogP contribution in [-0.2, 0) is 25.0 Å². The van der Waals surface area contributed by atoms with Gasteiger partial charge in [0.1, 0.15) is 12.2 Å². The molecule has 2 heterocycles. The predicted octanol–water partition coefficient (Wildman–Crippen LogP) is 3.91. The molecule has 2 aliphatic rings. The molecule has 4 nitrogen and oxygen atoms in total. The highest BCUT2D eigenvalue weighted by Crippen LogP contribution is 2.60. The van der Waals surface area contributed by atoms with E-state index in [0.29, 0.717) is 12.8 Å². The third-order valence-electron chi connectivity index (χ3n) is 3.74. The Morgan fingerprint density at radius 3 is 2.80 bits per heavy atom. The minimum atomic E-state index is -3.05. The summed E-state index contributed by atoms with van der Waals surface area (Å²) in [6.07, 6.45) is -0.234. The molecule has 4 unspecified atom stereocenters. The molecule has 0 aromatic heterocycles. The molecule has 0 aliphatic carbocycles. The highest BCUT2D eigenvalue weighted by atomic mass is 31.2. The van der Waals surface area contributed by atoms with Crippen molar-refractivity contribution in [1.29, 1.82) is 0 Å². The van der Waals surface area contributed by atoms with Crippen molar-refractivity contribution in [2.75, 3.05) is 6.16 Å². The van der Waals surface area contributed by atoms with Gasteiger partial charge in [-0.2, -0.15) is 0 Å². The van der Waals surface area contributed by atoms with E-state index in [-0.39, 0.29) is 24.2 Å². The minimum absolute atomic E-state index is 0.181. The standard InChI is InChI=1S/C15H21O4P/c1-10(2)9-20(16)18-11(3)14-15(19-20)13-7-5-4-6-12(13)8-17-14/h4-7,10-11,14-15H,8-9H2,1-3H3. The van der Waals surface area contributed by atoms with Gasteiger partial charge in [0.2, 0.25) is 0 Å². The van der Waals surface area contributed by atoms with Crippen LogP contribution in [0, 0.1) is 5.92 Å². The maximum absolute atomic E-state index is 12.8. The molecule has 3 rings (SSSR count). The summed E-state index contributed by atoms with van der Waals surface area (Å²) in [4.78, 5) is 0. The first-order valence-corrected chi connectivity index (χ1v) is 8.86. The van der Waals surface area contributed by atoms with Gasteiger partial charge >= 0.3 is 7.60 Å². The van der Waals surface area contributed by atoms with E-state index in [1.165, 1.54) is 0 Å². The quantitative estimate of drug-likeness (QED) is 0.776. The van der Waals surface area contributed by atoms with Crippen LogP contribution in [0.2, 0.25) is 0 Å². The van der Waals surface area contributed by atoms with Gasteiger partial charge in [-0.3, -0.25) is 9.09 Å². The van der Waals surface area contributed by atoms with Gasteiger partial charge in [-0.15, -0.1) is 0 Å². The Kier molecular flexibility index (Phi) is 3.76. The highest BCUT2D eigenvalue weighted by molar-refractivity contribution is 7.53. The zero-order valence-electron chi connectivity index (χ0n) is 12.1. The average Bonchev–Trinajstić information content (AvgIpc) is 2.37. The van der Waals surface area contributed by atoms with Gasteiger partial charge in [0, 0.05) is 0 Å². The molecule has 4 atom stereocenters. The van der Waals surface area contributed by atoms with E-state index >= 15 is 0 Å². The Labute approximate surface area is 120 Å². The molecule has 0 bridgehead atoms. The molecule has 0 spiro atoms. The Bertz CT molecular complexity index is 542. The lowest BCUT2D eigenvalue weighted by Gasteiger charge is -2.43. The van der Waals surface area contributed by atoms with Crippen molar-refractivity contribution in [2.24, 2.45) is 5.92 Å². The van der Waals surface area contributed by atoms with Gasteiger partial charge in [-0.25, -0.2) is 0 Å². The first-order valence-electron chi connectivity index (χ1n) is 7.14. The van der Waals surface area contributed by atoms with Crippen molar-refractivity contribution in [3.63, 3.8) is 0 Å². The van der Waals surface area contributed by atoms with Crippen molar-refractivity contribution in [3.8, 4) is 0 Å². The summed E-state index contributed by atoms with van der Waals surface area (Å²) in [5.74, 6) is 0.268. The van der Waals surface area contributed by atoms with Gasteiger partial charge in [0.15, 0.2) is 0 Å². The van der Waals surface area contributed by atoms with Crippen LogP contribution < -0.4 is 0 Å². The molecular formula is C15H21O4P. The number of rotatable bonds is 2. The van der Waals surface area contributed by atoms with E-state index in [2.05, 4.69) is 0 Å². The fourth-order valence-corrected chi connectivity index (χ4v) is 5.26. The van der Waals surface area contributed by atoms with Crippen LogP contribution in [0.1, 0.15) is 38.0 Å². The Morgan fingerprint density at radius 1 is 1.30 bits per heavy atom. The van der Waals surface area contributed by atoms with Crippen molar-refractivity contribution < 1.29 is 18.3 Å². The van der Waals surface area contributed by atoms with Crippen LogP contribution in [0.25, 0.3) is 0 Å². The van der Waals surface area contributed by atoms with Crippen LogP contribution in [0.4, 0.5) is 0 Å². The lowest BCUT2D eigenvalue weighted by molar-refractivity contribution is -0.131. The van der Waals surface area contributed by atoms with E-state index in [4.69, 9.17) is 13.8 Å². The molecule has 0 radical (unpaired) electrons. The van der Waals surface area contributed by atoms with Crippen molar-refractivity contribution in [3.05, 3.63) is 35.4 Å². The SMILES string of the molecule is CC(C)CP1(=O)OC(C)C2OCc3ccccc3C2O1. The first-order chi connectivity index (χ1) is 9.48. The molecule has 0 amide bonds. The molecule has 110 valence electrons. The van der Waals surface area contributed by atoms with Gasteiger partial charge < -0.3 is 9.26 Å². The second-order valence-corrected chi connectivity index (χ2v) is 8.01. The zero-order chi connectivity index (χ0) is 14.3. The molecule has 0 N–H and O–H groups in total. The Balaban J connectivity index is 1.93. The van der Waals surface area contributed by atoms with Gasteiger partial charge in [0.05, 0.1) is 18.9 Å². The average molecular weight is 296 g/mol. The smallest absolute Gasteiger partial charge is 0.331 e. The number of fused-ring (bicyclic) bond motifs is 3. The first kappa shape index (κ1) is 14.3. The Hall–Kier alpha value is -0.670. The molecule has 1 aromatic carbocycles. The van der Waals surface area contributed by atoms with Crippen LogP contribution in [0.15, 0.2) is 24.3 Å². The number of benzene rings is 1. The van der Waals surface area contributed by atoms with E-state index < -0.39 is 7.60 Å². The normalized spacial score (nSPS) is 36.5. The molecule has 1 saturated heterocycles. The van der Waals surface area contributed by atoms with Gasteiger partial charge in [-0.1, -0.05) is 38.1 Å². The topological polar surface area (TPSA) is 44.8 Å². The molecule has 0 saturated carbocycles. The maximum atomic E-state index is 12.8. The lowest BCUT2D eigenvalue weighted by atomic mass is 9.94. The third-order valence-corrected chi connectivity index (χ3v) is 6.12. The van der Waals surface area contributed by atoms with Crippen LogP contribution >= 0.6 is 7.60 Å². The van der Waals surface area contributed by atoms with Crippen molar-refractivity contribution in [2.45, 2.75) is 45.7 Å². The predicted molar refractivity (Wildman–Crippen MR) is 76.7 cm³/mol. The lowest BCUT2D eigenvalue weighted by Crippen LogP contribution is -2.42. The highest BCUT2D eigenvalue weighted by Gasteiger charge is 2.47. The number of hydrogen-bond donors (Lipinski definition) is 0. The minimum Gasteiger partial charge on any atom is -0.368 e. The van der Waals surface area contributed by atoms with Gasteiger partial charge in [-0.05, 0) is 24.0 Å². The summed E-state index contributed by atoms with van der Waals surface area (Å²) in [6, 6.07) is 8.03. The molecule has 2 aliphatic heterocycles. The van der Waals surface area contributed by atoms with Crippen LogP contribution in [0.5, 0.6) is 0 Å². The summed E-state index contributed by atoms with van der Waals surface area (Å²) in [6.45, 7) is 6.52. The van der Waals surface area contributed by atoms with E-state index in [9.17, 15) is 4.57 Å². The molecule has 1 fully saturated rings. The van der Waals surface area contributed by atoms with Crippen molar-refractivity contribution >= 4 is 7.60 Å². The summed E-state index contributed by atoms with van der Waals surface area (Å²) < 4.78 is 30.2. The van der Waals surface area contributed by atoms with Crippen molar-refractivity contribution in [1.82, 2.24) is 0 Å². The molecule has 1 aromatic rings. The summed E-state index contributed by atoms with van der Waals surface area (Å²) in [5, 5.41) is 0. The van der Waals surface area contributed by atoms with E-state index in [0.717, 1.165) is 11.1 Å². The largest absolute Gasteiger partial charge is 0.368 e. The fourth-order valence-electron chi connectivity index (χ4n) is 2.94. The molecule has 20 heavy (non-hydrogen) atoms. The zero-order valence-corrected chi connectivity index (χ0v) is 13.0. The molecular weight excluding hydrogens is 275 g/mol. The van der Waals surface area contributed by atoms with E-state index in [1.807, 2.05) is 45.0 Å². The van der Waals surface area contributed by atoms with Gasteiger partial charge in [0.25, 0.3) is 0 Å². The van der Waals surface area contributed by atoms with E-state index in [1.54, 1.807) is 0 Å². The summed E-state index contributed by atoms with van der Waals surface area (Å²) in [5.41, 5.74) is 2.20. The second kappa shape index (κ2) is 5.27. The van der Waals surface area contributed by atoms with Crippen LogP contribution in [-0.4, -0.2) is 18.4 Å². The van der Waals surface area contributed by atoms with Crippen LogP contribution in [0.3, 0.4) is 0 Å². The third kappa shape index (κ3) is 2.58. The summed E-state index contributed by atoms with van der Waals surface area (Å²) in [7, 11) is -3.05. The fraction of sp³-hybridized carbons (Fsp3) is 0.600. The number of ether oxygens (including phenoxy) is 1. The number of hydrogen-bond acceptors (Lipinski definition) is 4. The Morgan fingerprint density at radius 2 is 2.05 bits per heavy atom. The second-order valence-electron chi connectivity index (χ2n) is 6.00. The monoisotopic (exact) mass is 296 g/mol.